The highest BCUT2D eigenvalue weighted by Gasteiger charge is 2.32. The Hall–Kier alpha value is -2.41. The first-order valence-electron chi connectivity index (χ1n) is 7.12. The Bertz CT molecular complexity index is 657. The van der Waals surface area contributed by atoms with Crippen molar-refractivity contribution in [1.29, 1.82) is 0 Å². The number of hydrogen-bond donors (Lipinski definition) is 2. The van der Waals surface area contributed by atoms with E-state index in [0.29, 0.717) is 30.2 Å². The maximum atomic E-state index is 12.4. The zero-order valence-electron chi connectivity index (χ0n) is 12.5. The van der Waals surface area contributed by atoms with E-state index in [9.17, 15) is 4.79 Å². The molecule has 0 aliphatic carbocycles. The number of nitrogens with one attached hydrogen (secondary N) is 2. The Balaban J connectivity index is 1.67. The number of hydrogen-bond acceptors (Lipinski definition) is 5. The molecule has 1 saturated heterocycles. The summed E-state index contributed by atoms with van der Waals surface area (Å²) in [4.78, 5) is 16.7. The van der Waals surface area contributed by atoms with Crippen molar-refractivity contribution >= 4 is 5.91 Å². The van der Waals surface area contributed by atoms with Gasteiger partial charge in [0.2, 0.25) is 0 Å². The molecular formula is C15H18N4O3. The van der Waals surface area contributed by atoms with Gasteiger partial charge in [-0.1, -0.05) is 0 Å². The first-order chi connectivity index (χ1) is 10.6. The molecule has 1 aliphatic heterocycles. The lowest BCUT2D eigenvalue weighted by atomic mass is 10.1. The third-order valence-electron chi connectivity index (χ3n) is 3.58. The molecule has 7 nitrogen and oxygen atoms in total. The van der Waals surface area contributed by atoms with Crippen LogP contribution in [0, 0.1) is 13.8 Å². The van der Waals surface area contributed by atoms with Crippen molar-refractivity contribution in [2.24, 2.45) is 0 Å². The van der Waals surface area contributed by atoms with E-state index >= 15 is 0 Å². The number of amides is 1. The molecule has 2 aromatic rings. The lowest BCUT2D eigenvalue weighted by Gasteiger charge is -2.20. The molecule has 2 aromatic heterocycles. The number of ether oxygens (including phenoxy) is 2. The van der Waals surface area contributed by atoms with Crippen LogP contribution in [0.2, 0.25) is 0 Å². The van der Waals surface area contributed by atoms with E-state index in [4.69, 9.17) is 9.47 Å². The summed E-state index contributed by atoms with van der Waals surface area (Å²) in [6, 6.07) is 3.41. The molecule has 3 rings (SSSR count). The summed E-state index contributed by atoms with van der Waals surface area (Å²) in [6.07, 6.45) is 3.01. The molecule has 7 heteroatoms. The highest BCUT2D eigenvalue weighted by atomic mass is 16.5. The van der Waals surface area contributed by atoms with E-state index in [-0.39, 0.29) is 18.1 Å². The number of rotatable bonds is 4. The largest absolute Gasteiger partial charge is 0.482 e. The summed E-state index contributed by atoms with van der Waals surface area (Å²) < 4.78 is 11.2. The van der Waals surface area contributed by atoms with Gasteiger partial charge in [-0.15, -0.1) is 0 Å². The Morgan fingerprint density at radius 2 is 2.27 bits per heavy atom. The standard InChI is InChI=1S/C15H18N4O3/c1-9-3-4-12(10(2)18-9)15(20)19-13-7-21-8-14(13)22-11-5-16-17-6-11/h3-6,13-14H,7-8H2,1-2H3,(H,16,17)(H,19,20)/t13-,14+/m0/s1. The summed E-state index contributed by atoms with van der Waals surface area (Å²) in [5.74, 6) is 0.462. The van der Waals surface area contributed by atoms with E-state index in [1.54, 1.807) is 18.5 Å². The molecule has 3 heterocycles. The Kier molecular flexibility index (Phi) is 4.06. The lowest BCUT2D eigenvalue weighted by molar-refractivity contribution is 0.0903. The number of carbonyl (C=O) groups is 1. The number of carbonyl (C=O) groups excluding carboxylic acids is 1. The zero-order valence-corrected chi connectivity index (χ0v) is 12.5. The van der Waals surface area contributed by atoms with Crippen molar-refractivity contribution in [2.75, 3.05) is 13.2 Å². The molecular weight excluding hydrogens is 284 g/mol. The first-order valence-corrected chi connectivity index (χ1v) is 7.12. The molecule has 1 fully saturated rings. The van der Waals surface area contributed by atoms with Gasteiger partial charge < -0.3 is 14.8 Å². The van der Waals surface area contributed by atoms with Gasteiger partial charge in [-0.25, -0.2) is 0 Å². The van der Waals surface area contributed by atoms with Crippen molar-refractivity contribution in [3.05, 3.63) is 41.5 Å². The van der Waals surface area contributed by atoms with Crippen LogP contribution in [0.5, 0.6) is 5.75 Å². The smallest absolute Gasteiger partial charge is 0.253 e. The fourth-order valence-electron chi connectivity index (χ4n) is 2.44. The van der Waals surface area contributed by atoms with Crippen LogP contribution in [0.3, 0.4) is 0 Å². The van der Waals surface area contributed by atoms with E-state index < -0.39 is 0 Å². The highest BCUT2D eigenvalue weighted by molar-refractivity contribution is 5.95. The van der Waals surface area contributed by atoms with Gasteiger partial charge in [0, 0.05) is 5.69 Å². The van der Waals surface area contributed by atoms with Crippen LogP contribution in [-0.4, -0.2) is 46.4 Å². The molecule has 0 bridgehead atoms. The van der Waals surface area contributed by atoms with Crippen LogP contribution in [0.25, 0.3) is 0 Å². The summed E-state index contributed by atoms with van der Waals surface area (Å²) in [6.45, 7) is 4.58. The van der Waals surface area contributed by atoms with Crippen molar-refractivity contribution < 1.29 is 14.3 Å². The van der Waals surface area contributed by atoms with E-state index in [1.165, 1.54) is 0 Å². The molecule has 2 atom stereocenters. The van der Waals surface area contributed by atoms with Crippen molar-refractivity contribution in [2.45, 2.75) is 26.0 Å². The fraction of sp³-hybridized carbons (Fsp3) is 0.400. The number of H-pyrrole nitrogens is 1. The van der Waals surface area contributed by atoms with Gasteiger partial charge in [0.05, 0.1) is 42.9 Å². The van der Waals surface area contributed by atoms with Gasteiger partial charge in [-0.2, -0.15) is 5.10 Å². The second-order valence-electron chi connectivity index (χ2n) is 5.29. The second kappa shape index (κ2) is 6.15. The predicted octanol–water partition coefficient (Wildman–Crippen LogP) is 0.998. The molecule has 0 spiro atoms. The van der Waals surface area contributed by atoms with Gasteiger partial charge in [-0.05, 0) is 26.0 Å². The number of pyridine rings is 1. The molecule has 1 amide bonds. The third-order valence-corrected chi connectivity index (χ3v) is 3.58. The quantitative estimate of drug-likeness (QED) is 0.879. The van der Waals surface area contributed by atoms with Crippen LogP contribution < -0.4 is 10.1 Å². The number of nitrogens with zero attached hydrogens (tertiary/aromatic N) is 2. The minimum atomic E-state index is -0.236. The highest BCUT2D eigenvalue weighted by Crippen LogP contribution is 2.16. The normalized spacial score (nSPS) is 20.8. The lowest BCUT2D eigenvalue weighted by Crippen LogP contribution is -2.45. The third kappa shape index (κ3) is 3.09. The van der Waals surface area contributed by atoms with Crippen LogP contribution in [0.4, 0.5) is 0 Å². The summed E-state index contributed by atoms with van der Waals surface area (Å²) >= 11 is 0. The predicted molar refractivity (Wildman–Crippen MR) is 78.8 cm³/mol. The van der Waals surface area contributed by atoms with Crippen molar-refractivity contribution in [3.8, 4) is 5.75 Å². The number of aromatic amines is 1. The van der Waals surface area contributed by atoms with Crippen LogP contribution in [0.1, 0.15) is 21.7 Å². The molecule has 0 radical (unpaired) electrons. The number of aromatic nitrogens is 3. The van der Waals surface area contributed by atoms with Gasteiger partial charge in [0.1, 0.15) is 6.10 Å². The second-order valence-corrected chi connectivity index (χ2v) is 5.29. The average Bonchev–Trinajstić information content (AvgIpc) is 3.12. The van der Waals surface area contributed by atoms with Gasteiger partial charge >= 0.3 is 0 Å². The van der Waals surface area contributed by atoms with Crippen LogP contribution in [0.15, 0.2) is 24.5 Å². The molecule has 1 aliphatic rings. The number of aryl methyl sites for hydroxylation is 2. The Morgan fingerprint density at radius 3 is 3.00 bits per heavy atom. The fourth-order valence-corrected chi connectivity index (χ4v) is 2.44. The molecule has 0 saturated carbocycles. The van der Waals surface area contributed by atoms with Gasteiger partial charge in [-0.3, -0.25) is 14.9 Å². The topological polar surface area (TPSA) is 89.1 Å². The average molecular weight is 302 g/mol. The monoisotopic (exact) mass is 302 g/mol. The SMILES string of the molecule is Cc1ccc(C(=O)N[C@H]2COC[C@H]2Oc2cn[nH]c2)c(C)n1. The Morgan fingerprint density at radius 1 is 1.41 bits per heavy atom. The van der Waals surface area contributed by atoms with E-state index in [0.717, 1.165) is 5.69 Å². The molecule has 116 valence electrons. The first kappa shape index (κ1) is 14.5. The van der Waals surface area contributed by atoms with Crippen LogP contribution >= 0.6 is 0 Å². The zero-order chi connectivity index (χ0) is 15.5. The van der Waals surface area contributed by atoms with Gasteiger partial charge in [0.25, 0.3) is 5.91 Å². The van der Waals surface area contributed by atoms with Crippen molar-refractivity contribution in [1.82, 2.24) is 20.5 Å². The van der Waals surface area contributed by atoms with Crippen molar-refractivity contribution in [3.63, 3.8) is 0 Å². The molecule has 22 heavy (non-hydrogen) atoms. The Labute approximate surface area is 128 Å². The van der Waals surface area contributed by atoms with Gasteiger partial charge in [0.15, 0.2) is 5.75 Å². The maximum Gasteiger partial charge on any atom is 0.253 e. The molecule has 0 unspecified atom stereocenters. The van der Waals surface area contributed by atoms with E-state index in [1.807, 2.05) is 19.9 Å². The van der Waals surface area contributed by atoms with E-state index in [2.05, 4.69) is 20.5 Å². The molecule has 0 aromatic carbocycles. The summed E-state index contributed by atoms with van der Waals surface area (Å²) in [7, 11) is 0. The minimum Gasteiger partial charge on any atom is -0.482 e. The summed E-state index contributed by atoms with van der Waals surface area (Å²) in [5.41, 5.74) is 2.17. The maximum absolute atomic E-state index is 12.4. The minimum absolute atomic E-state index is 0.165. The summed E-state index contributed by atoms with van der Waals surface area (Å²) in [5, 5.41) is 9.48. The van der Waals surface area contributed by atoms with Crippen LogP contribution in [-0.2, 0) is 4.74 Å². The molecule has 2 N–H and O–H groups in total.